The number of rotatable bonds is 6. The number of carbonyl (C=O) groups is 1. The maximum Gasteiger partial charge on any atom is 0.209 e. The number of H-pyrrole nitrogens is 1. The fourth-order valence-electron chi connectivity index (χ4n) is 2.35. The van der Waals surface area contributed by atoms with E-state index in [-0.39, 0.29) is 11.6 Å². The zero-order valence-electron chi connectivity index (χ0n) is 14.0. The molecule has 1 unspecified atom stereocenters. The van der Waals surface area contributed by atoms with Crippen LogP contribution >= 0.6 is 23.4 Å². The van der Waals surface area contributed by atoms with E-state index in [1.807, 2.05) is 0 Å². The van der Waals surface area contributed by atoms with Crippen LogP contribution in [0.15, 0.2) is 47.6 Å². The molecule has 0 fully saturated rings. The molecule has 0 aliphatic carbocycles. The third-order valence-corrected chi connectivity index (χ3v) is 4.86. The first kappa shape index (κ1) is 18.4. The lowest BCUT2D eigenvalue weighted by Gasteiger charge is -2.07. The van der Waals surface area contributed by atoms with Gasteiger partial charge >= 0.3 is 0 Å². The summed E-state index contributed by atoms with van der Waals surface area (Å²) in [5, 5.41) is 7.52. The van der Waals surface area contributed by atoms with Crippen molar-refractivity contribution < 1.29 is 13.9 Å². The van der Waals surface area contributed by atoms with Gasteiger partial charge < -0.3 is 4.74 Å². The van der Waals surface area contributed by atoms with Crippen molar-refractivity contribution in [3.8, 4) is 17.1 Å². The molecular formula is C18H15ClFN3O2S. The Kier molecular flexibility index (Phi) is 5.58. The Morgan fingerprint density at radius 3 is 2.69 bits per heavy atom. The molecule has 5 nitrogen and oxygen atoms in total. The van der Waals surface area contributed by atoms with Crippen LogP contribution in [0.1, 0.15) is 17.3 Å². The zero-order chi connectivity index (χ0) is 18.7. The number of hydrogen-bond acceptors (Lipinski definition) is 5. The molecule has 1 N–H and O–H groups in total. The van der Waals surface area contributed by atoms with Gasteiger partial charge in [0.25, 0.3) is 0 Å². The lowest BCUT2D eigenvalue weighted by Crippen LogP contribution is -2.13. The van der Waals surface area contributed by atoms with Gasteiger partial charge in [0.05, 0.1) is 17.9 Å². The van der Waals surface area contributed by atoms with Crippen molar-refractivity contribution in [1.82, 2.24) is 15.2 Å². The van der Waals surface area contributed by atoms with Crippen LogP contribution in [-0.2, 0) is 0 Å². The van der Waals surface area contributed by atoms with Crippen LogP contribution < -0.4 is 4.74 Å². The lowest BCUT2D eigenvalue weighted by atomic mass is 10.1. The number of carbonyl (C=O) groups excluding carboxylic acids is 1. The van der Waals surface area contributed by atoms with Crippen LogP contribution in [-0.4, -0.2) is 33.3 Å². The summed E-state index contributed by atoms with van der Waals surface area (Å²) < 4.78 is 18.3. The number of methoxy groups -OCH3 is 1. The number of aromatic amines is 1. The van der Waals surface area contributed by atoms with E-state index < -0.39 is 5.25 Å². The maximum absolute atomic E-state index is 13.0. The molecule has 3 aromatic rings. The minimum Gasteiger partial charge on any atom is -0.496 e. The van der Waals surface area contributed by atoms with E-state index in [9.17, 15) is 9.18 Å². The zero-order valence-corrected chi connectivity index (χ0v) is 15.6. The van der Waals surface area contributed by atoms with Crippen molar-refractivity contribution in [3.05, 3.63) is 58.9 Å². The van der Waals surface area contributed by atoms with Gasteiger partial charge in [0.2, 0.25) is 5.16 Å². The number of aromatic nitrogens is 3. The smallest absolute Gasteiger partial charge is 0.209 e. The van der Waals surface area contributed by atoms with E-state index in [1.165, 1.54) is 36.0 Å². The number of ether oxygens (including phenoxy) is 1. The molecule has 0 amide bonds. The summed E-state index contributed by atoms with van der Waals surface area (Å²) in [4.78, 5) is 16.8. The molecule has 0 bridgehead atoms. The summed E-state index contributed by atoms with van der Waals surface area (Å²) >= 11 is 7.25. The Morgan fingerprint density at radius 1 is 1.27 bits per heavy atom. The van der Waals surface area contributed by atoms with Crippen molar-refractivity contribution in [2.24, 2.45) is 0 Å². The quantitative estimate of drug-likeness (QED) is 0.490. The van der Waals surface area contributed by atoms with Crippen molar-refractivity contribution in [2.75, 3.05) is 7.11 Å². The summed E-state index contributed by atoms with van der Waals surface area (Å²) in [6.45, 7) is 1.76. The Balaban J connectivity index is 1.77. The summed E-state index contributed by atoms with van der Waals surface area (Å²) in [5.41, 5.74) is 1.12. The predicted octanol–water partition coefficient (Wildman–Crippen LogP) is 4.64. The Morgan fingerprint density at radius 2 is 2.00 bits per heavy atom. The molecule has 2 aromatic carbocycles. The predicted molar refractivity (Wildman–Crippen MR) is 99.4 cm³/mol. The molecule has 8 heteroatoms. The number of nitrogens with one attached hydrogen (secondary N) is 1. The highest BCUT2D eigenvalue weighted by Crippen LogP contribution is 2.32. The molecule has 1 aromatic heterocycles. The molecule has 0 saturated heterocycles. The SMILES string of the molecule is COc1ccc(Cl)cc1-c1nc(SC(C)C(=O)c2ccc(F)cc2)n[nH]1. The van der Waals surface area contributed by atoms with Gasteiger partial charge in [0.1, 0.15) is 11.6 Å². The number of Topliss-reactive ketones (excluding diaryl/α,β-unsaturated/α-hetero) is 1. The standard InChI is InChI=1S/C18H15ClFN3O2S/c1-10(16(24)11-3-6-13(20)7-4-11)26-18-21-17(22-23-18)14-9-12(19)5-8-15(14)25-2/h3-10H,1-2H3,(H,21,22,23). The first-order valence-corrected chi connectivity index (χ1v) is 8.96. The monoisotopic (exact) mass is 391 g/mol. The minimum atomic E-state index is -0.426. The molecule has 0 aliphatic heterocycles. The average Bonchev–Trinajstić information content (AvgIpc) is 3.10. The van der Waals surface area contributed by atoms with E-state index in [0.717, 1.165) is 0 Å². The van der Waals surface area contributed by atoms with Crippen LogP contribution in [0.3, 0.4) is 0 Å². The van der Waals surface area contributed by atoms with Gasteiger partial charge in [-0.2, -0.15) is 0 Å². The molecule has 1 heterocycles. The number of nitrogens with zero attached hydrogens (tertiary/aromatic N) is 2. The number of halogens is 2. The van der Waals surface area contributed by atoms with Gasteiger partial charge in [-0.3, -0.25) is 9.89 Å². The van der Waals surface area contributed by atoms with Gasteiger partial charge in [-0.05, 0) is 49.4 Å². The average molecular weight is 392 g/mol. The summed E-state index contributed by atoms with van der Waals surface area (Å²) in [7, 11) is 1.56. The third kappa shape index (κ3) is 4.05. The second-order valence-corrected chi connectivity index (χ2v) is 7.19. The van der Waals surface area contributed by atoms with Crippen LogP contribution in [0, 0.1) is 5.82 Å². The maximum atomic E-state index is 13.0. The summed E-state index contributed by atoms with van der Waals surface area (Å²) in [6, 6.07) is 10.7. The summed E-state index contributed by atoms with van der Waals surface area (Å²) in [5.74, 6) is 0.600. The van der Waals surface area contributed by atoms with Gasteiger partial charge in [0.15, 0.2) is 11.6 Å². The van der Waals surface area contributed by atoms with E-state index in [1.54, 1.807) is 32.2 Å². The van der Waals surface area contributed by atoms with Crippen molar-refractivity contribution in [3.63, 3.8) is 0 Å². The van der Waals surface area contributed by atoms with E-state index in [0.29, 0.717) is 32.9 Å². The fourth-order valence-corrected chi connectivity index (χ4v) is 3.32. The Labute approximate surface area is 158 Å². The normalized spacial score (nSPS) is 12.0. The first-order valence-electron chi connectivity index (χ1n) is 7.70. The van der Waals surface area contributed by atoms with E-state index in [4.69, 9.17) is 16.3 Å². The van der Waals surface area contributed by atoms with Crippen molar-refractivity contribution in [1.29, 1.82) is 0 Å². The van der Waals surface area contributed by atoms with Crippen LogP contribution in [0.2, 0.25) is 5.02 Å². The molecule has 1 atom stereocenters. The highest BCUT2D eigenvalue weighted by molar-refractivity contribution is 8.00. The first-order chi connectivity index (χ1) is 12.5. The van der Waals surface area contributed by atoms with Crippen molar-refractivity contribution >= 4 is 29.1 Å². The van der Waals surface area contributed by atoms with Gasteiger partial charge in [0, 0.05) is 10.6 Å². The highest BCUT2D eigenvalue weighted by atomic mass is 35.5. The number of ketones is 1. The van der Waals surface area contributed by atoms with Gasteiger partial charge in [-0.25, -0.2) is 9.37 Å². The number of benzene rings is 2. The highest BCUT2D eigenvalue weighted by Gasteiger charge is 2.20. The lowest BCUT2D eigenvalue weighted by molar-refractivity contribution is 0.0994. The van der Waals surface area contributed by atoms with Crippen molar-refractivity contribution in [2.45, 2.75) is 17.3 Å². The van der Waals surface area contributed by atoms with Crippen LogP contribution in [0.4, 0.5) is 4.39 Å². The number of thioether (sulfide) groups is 1. The molecule has 0 spiro atoms. The molecular weight excluding hydrogens is 377 g/mol. The number of hydrogen-bond donors (Lipinski definition) is 1. The topological polar surface area (TPSA) is 67.9 Å². The van der Waals surface area contributed by atoms with Gasteiger partial charge in [-0.1, -0.05) is 23.4 Å². The molecule has 3 rings (SSSR count). The fraction of sp³-hybridized carbons (Fsp3) is 0.167. The van der Waals surface area contributed by atoms with E-state index in [2.05, 4.69) is 15.2 Å². The molecule has 0 aliphatic rings. The van der Waals surface area contributed by atoms with E-state index >= 15 is 0 Å². The Hall–Kier alpha value is -2.38. The molecule has 0 saturated carbocycles. The van der Waals surface area contributed by atoms with Crippen LogP contribution in [0.25, 0.3) is 11.4 Å². The van der Waals surface area contributed by atoms with Gasteiger partial charge in [-0.15, -0.1) is 5.10 Å². The largest absolute Gasteiger partial charge is 0.496 e. The second-order valence-electron chi connectivity index (χ2n) is 5.44. The Bertz CT molecular complexity index is 930. The molecule has 0 radical (unpaired) electrons. The van der Waals surface area contributed by atoms with Crippen LogP contribution in [0.5, 0.6) is 5.75 Å². The summed E-state index contributed by atoms with van der Waals surface area (Å²) in [6.07, 6.45) is 0. The molecule has 134 valence electrons. The third-order valence-electron chi connectivity index (χ3n) is 3.66. The second kappa shape index (κ2) is 7.88. The molecule has 26 heavy (non-hydrogen) atoms. The minimum absolute atomic E-state index is 0.123.